The van der Waals surface area contributed by atoms with Gasteiger partial charge in [-0.3, -0.25) is 0 Å². The van der Waals surface area contributed by atoms with Gasteiger partial charge in [-0.25, -0.2) is 0 Å². The van der Waals surface area contributed by atoms with Gasteiger partial charge in [0.25, 0.3) is 0 Å². The normalized spacial score (nSPS) is 10.1. The molecule has 2 rings (SSSR count). The average Bonchev–Trinajstić information content (AvgIpc) is 2.17. The smallest absolute Gasteiger partial charge is 0.0325 e. The first-order valence-corrected chi connectivity index (χ1v) is 5.44. The molecule has 4 N–H and O–H groups in total. The summed E-state index contributed by atoms with van der Waals surface area (Å²) in [5.74, 6) is 0. The molecule has 0 heterocycles. The van der Waals surface area contributed by atoms with Gasteiger partial charge >= 0.3 is 0 Å². The van der Waals surface area contributed by atoms with Gasteiger partial charge in [-0.1, -0.05) is 23.9 Å². The first-order valence-electron chi connectivity index (χ1n) is 4.63. The highest BCUT2D eigenvalue weighted by molar-refractivity contribution is 7.99. The summed E-state index contributed by atoms with van der Waals surface area (Å²) in [6.07, 6.45) is 0. The second kappa shape index (κ2) is 4.28. The molecule has 0 fully saturated rings. The molecule has 0 amide bonds. The molecule has 0 radical (unpaired) electrons. The fourth-order valence-electron chi connectivity index (χ4n) is 1.29. The zero-order valence-corrected chi connectivity index (χ0v) is 9.00. The summed E-state index contributed by atoms with van der Waals surface area (Å²) in [6, 6.07) is 15.6. The Morgan fingerprint density at radius 2 is 1.20 bits per heavy atom. The molecule has 0 saturated carbocycles. The number of nitrogens with two attached hydrogens (primary N) is 2. The van der Waals surface area contributed by atoms with Crippen LogP contribution in [0.1, 0.15) is 0 Å². The molecule has 0 aliphatic carbocycles. The Morgan fingerprint density at radius 3 is 1.60 bits per heavy atom. The molecule has 0 saturated heterocycles. The number of anilines is 2. The van der Waals surface area contributed by atoms with Crippen molar-refractivity contribution in [3.63, 3.8) is 0 Å². The lowest BCUT2D eigenvalue weighted by atomic mass is 10.3. The molecule has 0 spiro atoms. The van der Waals surface area contributed by atoms with Gasteiger partial charge in [-0.2, -0.15) is 0 Å². The van der Waals surface area contributed by atoms with Crippen LogP contribution in [0.2, 0.25) is 0 Å². The van der Waals surface area contributed by atoms with Gasteiger partial charge in [0.05, 0.1) is 0 Å². The fraction of sp³-hybridized carbons (Fsp3) is 0. The van der Waals surface area contributed by atoms with Crippen molar-refractivity contribution in [2.24, 2.45) is 0 Å². The van der Waals surface area contributed by atoms with Crippen LogP contribution < -0.4 is 11.5 Å². The molecule has 2 aromatic carbocycles. The average molecular weight is 216 g/mol. The lowest BCUT2D eigenvalue weighted by Gasteiger charge is -2.03. The van der Waals surface area contributed by atoms with E-state index in [1.807, 2.05) is 48.5 Å². The second-order valence-electron chi connectivity index (χ2n) is 3.25. The third-order valence-electron chi connectivity index (χ3n) is 1.95. The van der Waals surface area contributed by atoms with E-state index in [4.69, 9.17) is 11.5 Å². The van der Waals surface area contributed by atoms with E-state index >= 15 is 0 Å². The Morgan fingerprint density at radius 1 is 0.733 bits per heavy atom. The third-order valence-corrected chi connectivity index (χ3v) is 2.93. The maximum atomic E-state index is 5.70. The van der Waals surface area contributed by atoms with E-state index in [1.165, 1.54) is 0 Å². The van der Waals surface area contributed by atoms with Crippen molar-refractivity contribution in [1.29, 1.82) is 0 Å². The predicted molar refractivity (Wildman–Crippen MR) is 65.8 cm³/mol. The van der Waals surface area contributed by atoms with Crippen LogP contribution in [-0.4, -0.2) is 0 Å². The molecule has 0 bridgehead atoms. The summed E-state index contributed by atoms with van der Waals surface area (Å²) >= 11 is 1.66. The zero-order valence-electron chi connectivity index (χ0n) is 8.18. The van der Waals surface area contributed by atoms with Gasteiger partial charge in [-0.05, 0) is 36.4 Å². The molecular weight excluding hydrogens is 204 g/mol. The van der Waals surface area contributed by atoms with Crippen molar-refractivity contribution in [2.75, 3.05) is 11.5 Å². The Bertz CT molecular complexity index is 425. The number of hydrogen-bond donors (Lipinski definition) is 2. The summed E-state index contributed by atoms with van der Waals surface area (Å²) in [6.45, 7) is 0. The molecule has 15 heavy (non-hydrogen) atoms. The Labute approximate surface area is 93.3 Å². The minimum absolute atomic E-state index is 0.781. The van der Waals surface area contributed by atoms with Crippen LogP contribution in [0.3, 0.4) is 0 Å². The monoisotopic (exact) mass is 216 g/mol. The Hall–Kier alpha value is -1.61. The lowest BCUT2D eigenvalue weighted by Crippen LogP contribution is -1.85. The number of nitrogen functional groups attached to an aromatic ring is 2. The number of rotatable bonds is 2. The van der Waals surface area contributed by atoms with E-state index in [2.05, 4.69) is 0 Å². The molecule has 76 valence electrons. The summed E-state index contributed by atoms with van der Waals surface area (Å²) < 4.78 is 0. The molecule has 2 nitrogen and oxygen atoms in total. The summed E-state index contributed by atoms with van der Waals surface area (Å²) in [5.41, 5.74) is 13.0. The van der Waals surface area contributed by atoms with Crippen molar-refractivity contribution < 1.29 is 0 Å². The Balaban J connectivity index is 2.22. The van der Waals surface area contributed by atoms with Crippen molar-refractivity contribution in [3.8, 4) is 0 Å². The molecule has 2 aromatic rings. The maximum Gasteiger partial charge on any atom is 0.0325 e. The van der Waals surface area contributed by atoms with Gasteiger partial charge in [0.15, 0.2) is 0 Å². The highest BCUT2D eigenvalue weighted by atomic mass is 32.2. The van der Waals surface area contributed by atoms with E-state index < -0.39 is 0 Å². The first-order chi connectivity index (χ1) is 7.24. The van der Waals surface area contributed by atoms with Crippen LogP contribution in [0.25, 0.3) is 0 Å². The highest BCUT2D eigenvalue weighted by Crippen LogP contribution is 2.29. The summed E-state index contributed by atoms with van der Waals surface area (Å²) in [7, 11) is 0. The first kappa shape index (κ1) is 9.93. The minimum atomic E-state index is 0.781. The maximum absolute atomic E-state index is 5.70. The zero-order chi connectivity index (χ0) is 10.7. The van der Waals surface area contributed by atoms with Crippen molar-refractivity contribution >= 4 is 23.1 Å². The van der Waals surface area contributed by atoms with E-state index in [0.717, 1.165) is 21.2 Å². The molecule has 0 aromatic heterocycles. The van der Waals surface area contributed by atoms with E-state index in [9.17, 15) is 0 Å². The summed E-state index contributed by atoms with van der Waals surface area (Å²) in [5, 5.41) is 0. The molecule has 0 atom stereocenters. The molecule has 0 aliphatic heterocycles. The highest BCUT2D eigenvalue weighted by Gasteiger charge is 1.97. The van der Waals surface area contributed by atoms with E-state index in [0.29, 0.717) is 0 Å². The van der Waals surface area contributed by atoms with Gasteiger partial charge in [0.1, 0.15) is 0 Å². The van der Waals surface area contributed by atoms with E-state index in [-0.39, 0.29) is 0 Å². The van der Waals surface area contributed by atoms with Crippen molar-refractivity contribution in [1.82, 2.24) is 0 Å². The standard InChI is InChI=1S/C12H12N2S/c13-9-3-1-5-11(7-9)15-12-6-2-4-10(14)8-12/h1-8H,13-14H2. The van der Waals surface area contributed by atoms with Crippen molar-refractivity contribution in [3.05, 3.63) is 48.5 Å². The fourth-order valence-corrected chi connectivity index (χ4v) is 2.25. The molecular formula is C12H12N2S. The van der Waals surface area contributed by atoms with Crippen LogP contribution in [-0.2, 0) is 0 Å². The van der Waals surface area contributed by atoms with Gasteiger partial charge in [0, 0.05) is 21.2 Å². The molecule has 0 unspecified atom stereocenters. The topological polar surface area (TPSA) is 52.0 Å². The SMILES string of the molecule is Nc1cccc(Sc2cccc(N)c2)c1. The second-order valence-corrected chi connectivity index (χ2v) is 4.39. The Kier molecular flexibility index (Phi) is 2.83. The van der Waals surface area contributed by atoms with Gasteiger partial charge in [-0.15, -0.1) is 0 Å². The quantitative estimate of drug-likeness (QED) is 0.759. The van der Waals surface area contributed by atoms with Crippen LogP contribution >= 0.6 is 11.8 Å². The molecule has 0 aliphatic rings. The van der Waals surface area contributed by atoms with Crippen LogP contribution in [0, 0.1) is 0 Å². The number of benzene rings is 2. The third kappa shape index (κ3) is 2.67. The summed E-state index contributed by atoms with van der Waals surface area (Å²) in [4.78, 5) is 2.25. The van der Waals surface area contributed by atoms with Gasteiger partial charge in [0.2, 0.25) is 0 Å². The number of hydrogen-bond acceptors (Lipinski definition) is 3. The van der Waals surface area contributed by atoms with Crippen LogP contribution in [0.15, 0.2) is 58.3 Å². The van der Waals surface area contributed by atoms with Crippen molar-refractivity contribution in [2.45, 2.75) is 9.79 Å². The minimum Gasteiger partial charge on any atom is -0.399 e. The molecule has 3 heteroatoms. The van der Waals surface area contributed by atoms with Gasteiger partial charge < -0.3 is 11.5 Å². The lowest BCUT2D eigenvalue weighted by molar-refractivity contribution is 1.41. The van der Waals surface area contributed by atoms with E-state index in [1.54, 1.807) is 11.8 Å². The largest absolute Gasteiger partial charge is 0.399 e. The van der Waals surface area contributed by atoms with Crippen LogP contribution in [0.4, 0.5) is 11.4 Å². The van der Waals surface area contributed by atoms with Crippen LogP contribution in [0.5, 0.6) is 0 Å². The predicted octanol–water partition coefficient (Wildman–Crippen LogP) is 3.00.